The Kier molecular flexibility index (Phi) is 8.92. The van der Waals surface area contributed by atoms with Crippen molar-refractivity contribution in [2.24, 2.45) is 0 Å². The zero-order valence-electron chi connectivity index (χ0n) is 11.7. The molecular formula is C15H18NO5. The summed E-state index contributed by atoms with van der Waals surface area (Å²) in [5.74, 6) is -1.53. The van der Waals surface area contributed by atoms with E-state index in [9.17, 15) is 14.4 Å². The van der Waals surface area contributed by atoms with Gasteiger partial charge in [0, 0.05) is 0 Å². The van der Waals surface area contributed by atoms with Crippen LogP contribution in [0.4, 0.5) is 0 Å². The predicted molar refractivity (Wildman–Crippen MR) is 77.8 cm³/mol. The molecule has 0 aliphatic carbocycles. The molecule has 0 aromatic rings. The van der Waals surface area contributed by atoms with Gasteiger partial charge in [0.25, 0.3) is 0 Å². The largest absolute Gasteiger partial charge is 0.460 e. The van der Waals surface area contributed by atoms with E-state index in [1.807, 2.05) is 0 Å². The number of carbonyl (C=O) groups is 2. The summed E-state index contributed by atoms with van der Waals surface area (Å²) >= 11 is 0. The fourth-order valence-electron chi connectivity index (χ4n) is 1.39. The number of nitrogens with zero attached hydrogens (tertiary/aromatic N) is 1. The molecule has 6 heteroatoms. The number of ether oxygens (including phenoxy) is 2. The van der Waals surface area contributed by atoms with Gasteiger partial charge in [0.1, 0.15) is 25.3 Å². The van der Waals surface area contributed by atoms with Crippen LogP contribution < -0.4 is 0 Å². The standard InChI is InChI=1S/C15H18NO5/c1-5-9-20-14(18)12(7-3)16(11-17)13(8-4)15(19)21-10-6-2/h5-8,12-13H,1-4,9-10H2. The highest BCUT2D eigenvalue weighted by Crippen LogP contribution is 2.10. The summed E-state index contributed by atoms with van der Waals surface area (Å²) in [5.41, 5.74) is 0. The van der Waals surface area contributed by atoms with Crippen LogP contribution in [-0.2, 0) is 23.9 Å². The lowest BCUT2D eigenvalue weighted by atomic mass is 10.1. The summed E-state index contributed by atoms with van der Waals surface area (Å²) in [6.07, 6.45) is 6.57. The molecule has 2 atom stereocenters. The van der Waals surface area contributed by atoms with E-state index in [0.717, 1.165) is 17.1 Å². The molecule has 0 rings (SSSR count). The van der Waals surface area contributed by atoms with Gasteiger partial charge in [0.15, 0.2) is 0 Å². The third-order valence-electron chi connectivity index (χ3n) is 2.32. The van der Waals surface area contributed by atoms with Gasteiger partial charge in [-0.2, -0.15) is 0 Å². The van der Waals surface area contributed by atoms with Gasteiger partial charge >= 0.3 is 18.3 Å². The molecule has 0 bridgehead atoms. The molecule has 0 saturated carbocycles. The molecule has 0 saturated heterocycles. The van der Waals surface area contributed by atoms with Crippen LogP contribution in [0.15, 0.2) is 50.6 Å². The van der Waals surface area contributed by atoms with Crippen LogP contribution in [0.1, 0.15) is 0 Å². The van der Waals surface area contributed by atoms with Crippen LogP contribution in [0, 0.1) is 0 Å². The molecule has 0 spiro atoms. The Bertz CT molecular complexity index is 394. The van der Waals surface area contributed by atoms with Gasteiger partial charge in [-0.05, 0) is 0 Å². The minimum absolute atomic E-state index is 0.0322. The van der Waals surface area contributed by atoms with Crippen LogP contribution in [0.25, 0.3) is 0 Å². The summed E-state index contributed by atoms with van der Waals surface area (Å²) in [7, 11) is 0. The zero-order valence-corrected chi connectivity index (χ0v) is 11.7. The SMILES string of the molecule is C=CCOC(=O)C(C=C)N([C]=O)C(C=C)C(=O)OCC=C. The Balaban J connectivity index is 5.15. The molecule has 0 fully saturated rings. The fourth-order valence-corrected chi connectivity index (χ4v) is 1.39. The van der Waals surface area contributed by atoms with E-state index in [2.05, 4.69) is 26.3 Å². The molecular weight excluding hydrogens is 274 g/mol. The maximum absolute atomic E-state index is 11.8. The van der Waals surface area contributed by atoms with Gasteiger partial charge in [0.2, 0.25) is 0 Å². The number of rotatable bonds is 11. The predicted octanol–water partition coefficient (Wildman–Crippen LogP) is 0.923. The van der Waals surface area contributed by atoms with Gasteiger partial charge in [0.05, 0.1) is 0 Å². The second kappa shape index (κ2) is 10.2. The Morgan fingerprint density at radius 1 is 0.952 bits per heavy atom. The van der Waals surface area contributed by atoms with Gasteiger partial charge in [-0.1, -0.05) is 37.5 Å². The maximum atomic E-state index is 11.8. The molecule has 0 heterocycles. The van der Waals surface area contributed by atoms with Gasteiger partial charge in [-0.3, -0.25) is 9.69 Å². The average molecular weight is 292 g/mol. The second-order valence-electron chi connectivity index (χ2n) is 3.70. The molecule has 0 aliphatic rings. The van der Waals surface area contributed by atoms with Crippen LogP contribution in [-0.4, -0.2) is 48.5 Å². The Morgan fingerprint density at radius 3 is 1.57 bits per heavy atom. The first-order chi connectivity index (χ1) is 10.1. The number of amides is 1. The molecule has 6 nitrogen and oxygen atoms in total. The highest BCUT2D eigenvalue weighted by Gasteiger charge is 2.33. The fraction of sp³-hybridized carbons (Fsp3) is 0.267. The van der Waals surface area contributed by atoms with Crippen molar-refractivity contribution in [3.63, 3.8) is 0 Å². The van der Waals surface area contributed by atoms with E-state index in [-0.39, 0.29) is 13.2 Å². The quantitative estimate of drug-likeness (QED) is 0.322. The number of hydrogen-bond donors (Lipinski definition) is 0. The lowest BCUT2D eigenvalue weighted by molar-refractivity contribution is -0.150. The van der Waals surface area contributed by atoms with E-state index in [1.165, 1.54) is 18.6 Å². The lowest BCUT2D eigenvalue weighted by Crippen LogP contribution is -2.49. The third-order valence-corrected chi connectivity index (χ3v) is 2.32. The van der Waals surface area contributed by atoms with Crippen molar-refractivity contribution < 1.29 is 23.9 Å². The van der Waals surface area contributed by atoms with Crippen LogP contribution in [0.3, 0.4) is 0 Å². The molecule has 1 radical (unpaired) electrons. The Hall–Kier alpha value is -2.63. The third kappa shape index (κ3) is 5.48. The van der Waals surface area contributed by atoms with Crippen LogP contribution in [0.2, 0.25) is 0 Å². The molecule has 0 N–H and O–H groups in total. The first-order valence-electron chi connectivity index (χ1n) is 6.03. The number of hydrogen-bond acceptors (Lipinski definition) is 5. The van der Waals surface area contributed by atoms with E-state index in [1.54, 1.807) is 0 Å². The van der Waals surface area contributed by atoms with Gasteiger partial charge in [-0.15, -0.1) is 13.2 Å². The summed E-state index contributed by atoms with van der Waals surface area (Å²) in [5, 5.41) is 0. The van der Waals surface area contributed by atoms with Crippen molar-refractivity contribution in [1.29, 1.82) is 0 Å². The van der Waals surface area contributed by atoms with Crippen LogP contribution in [0.5, 0.6) is 0 Å². The summed E-state index contributed by atoms with van der Waals surface area (Å²) in [6.45, 7) is 13.6. The Morgan fingerprint density at radius 2 is 1.33 bits per heavy atom. The minimum Gasteiger partial charge on any atom is -0.460 e. The highest BCUT2D eigenvalue weighted by atomic mass is 16.5. The number of esters is 2. The Labute approximate surface area is 124 Å². The molecule has 0 aromatic carbocycles. The monoisotopic (exact) mass is 292 g/mol. The van der Waals surface area contributed by atoms with Crippen molar-refractivity contribution in [2.45, 2.75) is 12.1 Å². The maximum Gasteiger partial charge on any atom is 0.333 e. The molecule has 0 aromatic heterocycles. The van der Waals surface area contributed by atoms with Crippen molar-refractivity contribution >= 4 is 18.3 Å². The van der Waals surface area contributed by atoms with Crippen molar-refractivity contribution in [3.8, 4) is 0 Å². The lowest BCUT2D eigenvalue weighted by Gasteiger charge is -2.27. The van der Waals surface area contributed by atoms with E-state index in [0.29, 0.717) is 0 Å². The van der Waals surface area contributed by atoms with Crippen molar-refractivity contribution in [3.05, 3.63) is 50.6 Å². The average Bonchev–Trinajstić information content (AvgIpc) is 2.50. The summed E-state index contributed by atoms with van der Waals surface area (Å²) in [4.78, 5) is 35.6. The van der Waals surface area contributed by atoms with Crippen molar-refractivity contribution in [2.75, 3.05) is 13.2 Å². The summed E-state index contributed by atoms with van der Waals surface area (Å²) in [6, 6.07) is -2.39. The highest BCUT2D eigenvalue weighted by molar-refractivity contribution is 5.86. The molecule has 1 amide bonds. The molecule has 21 heavy (non-hydrogen) atoms. The number of carbonyl (C=O) groups excluding carboxylic acids is 3. The summed E-state index contributed by atoms with van der Waals surface area (Å²) < 4.78 is 9.66. The smallest absolute Gasteiger partial charge is 0.333 e. The van der Waals surface area contributed by atoms with Gasteiger partial charge in [-0.25, -0.2) is 9.59 Å². The van der Waals surface area contributed by atoms with Gasteiger partial charge < -0.3 is 9.47 Å². The van der Waals surface area contributed by atoms with Crippen LogP contribution >= 0.6 is 0 Å². The minimum atomic E-state index is -1.19. The van der Waals surface area contributed by atoms with E-state index >= 15 is 0 Å². The topological polar surface area (TPSA) is 72.9 Å². The van der Waals surface area contributed by atoms with Crippen molar-refractivity contribution in [1.82, 2.24) is 4.90 Å². The second-order valence-corrected chi connectivity index (χ2v) is 3.70. The van der Waals surface area contributed by atoms with E-state index < -0.39 is 24.0 Å². The van der Waals surface area contributed by atoms with E-state index in [4.69, 9.17) is 9.47 Å². The molecule has 2 unspecified atom stereocenters. The molecule has 0 aliphatic heterocycles. The zero-order chi connectivity index (χ0) is 16.3. The first-order valence-corrected chi connectivity index (χ1v) is 6.03. The molecule has 113 valence electrons. The normalized spacial score (nSPS) is 12.2. The first kappa shape index (κ1) is 18.4.